The van der Waals surface area contributed by atoms with Gasteiger partial charge in [-0.1, -0.05) is 17.8 Å². The van der Waals surface area contributed by atoms with E-state index in [2.05, 4.69) is 4.99 Å². The summed E-state index contributed by atoms with van der Waals surface area (Å²) in [5.41, 5.74) is 7.10. The van der Waals surface area contributed by atoms with Gasteiger partial charge in [0.2, 0.25) is 11.8 Å². The number of benzene rings is 2. The Hall–Kier alpha value is -3.20. The Morgan fingerprint density at radius 1 is 1.10 bits per heavy atom. The summed E-state index contributed by atoms with van der Waals surface area (Å²) < 4.78 is 15.8. The Morgan fingerprint density at radius 2 is 1.81 bits per heavy atom. The average molecular weight is 444 g/mol. The molecule has 0 radical (unpaired) electrons. The van der Waals surface area contributed by atoms with Crippen LogP contribution >= 0.6 is 11.8 Å². The number of nitrogens with two attached hydrogens (primary N) is 1. The second-order valence-corrected chi connectivity index (χ2v) is 7.96. The van der Waals surface area contributed by atoms with Crippen LogP contribution < -0.4 is 19.9 Å². The first kappa shape index (κ1) is 22.5. The van der Waals surface area contributed by atoms with E-state index in [1.54, 1.807) is 50.5 Å². The first-order valence-corrected chi connectivity index (χ1v) is 10.5. The molecule has 2 N–H and O–H groups in total. The molecular weight excluding hydrogens is 418 g/mol. The molecule has 164 valence electrons. The molecule has 1 atom stereocenters. The molecule has 0 spiro atoms. The van der Waals surface area contributed by atoms with Crippen molar-refractivity contribution in [2.24, 2.45) is 10.7 Å². The molecule has 3 rings (SSSR count). The molecule has 0 saturated carbocycles. The molecule has 0 bridgehead atoms. The highest BCUT2D eigenvalue weighted by Crippen LogP contribution is 2.31. The van der Waals surface area contributed by atoms with Crippen LogP contribution in [0.5, 0.6) is 17.2 Å². The minimum Gasteiger partial charge on any atom is -0.497 e. The van der Waals surface area contributed by atoms with E-state index in [-0.39, 0.29) is 12.3 Å². The van der Waals surface area contributed by atoms with Crippen molar-refractivity contribution in [3.8, 4) is 17.2 Å². The van der Waals surface area contributed by atoms with Crippen LogP contribution in [0.3, 0.4) is 0 Å². The standard InChI is InChI=1S/C22H25N3O5S/c1-28-16-7-5-15(6-8-16)24-22-25(20(26)13-19(31-22)21(23)27)11-10-14-4-9-17(29-2)18(12-14)30-3/h4-9,12,19H,10-11,13H2,1-3H3,(H2,23,27)/t19-/m1/s1. The van der Waals surface area contributed by atoms with Gasteiger partial charge in [0, 0.05) is 13.0 Å². The summed E-state index contributed by atoms with van der Waals surface area (Å²) in [6.07, 6.45) is 0.628. The highest BCUT2D eigenvalue weighted by Gasteiger charge is 2.34. The normalized spacial score (nSPS) is 17.5. The molecule has 1 aliphatic heterocycles. The number of amides is 2. The predicted molar refractivity (Wildman–Crippen MR) is 120 cm³/mol. The van der Waals surface area contributed by atoms with E-state index in [1.807, 2.05) is 18.2 Å². The van der Waals surface area contributed by atoms with Gasteiger partial charge in [-0.3, -0.25) is 14.5 Å². The van der Waals surface area contributed by atoms with E-state index in [0.717, 1.165) is 5.56 Å². The topological polar surface area (TPSA) is 103 Å². The number of methoxy groups -OCH3 is 3. The first-order valence-electron chi connectivity index (χ1n) is 9.65. The van der Waals surface area contributed by atoms with Crippen LogP contribution in [0.1, 0.15) is 12.0 Å². The number of amidine groups is 1. The minimum atomic E-state index is -0.637. The Kier molecular flexibility index (Phi) is 7.41. The van der Waals surface area contributed by atoms with Gasteiger partial charge in [-0.25, -0.2) is 4.99 Å². The van der Waals surface area contributed by atoms with Crippen molar-refractivity contribution >= 4 is 34.4 Å². The maximum atomic E-state index is 12.8. The van der Waals surface area contributed by atoms with Gasteiger partial charge in [0.25, 0.3) is 0 Å². The van der Waals surface area contributed by atoms with Crippen molar-refractivity contribution in [2.45, 2.75) is 18.1 Å². The number of hydrogen-bond acceptors (Lipinski definition) is 7. The molecule has 0 aromatic heterocycles. The molecule has 0 unspecified atom stereocenters. The van der Waals surface area contributed by atoms with Crippen molar-refractivity contribution in [3.63, 3.8) is 0 Å². The van der Waals surface area contributed by atoms with Gasteiger partial charge >= 0.3 is 0 Å². The van der Waals surface area contributed by atoms with E-state index in [9.17, 15) is 9.59 Å². The van der Waals surface area contributed by atoms with E-state index in [1.165, 1.54) is 11.8 Å². The lowest BCUT2D eigenvalue weighted by atomic mass is 10.1. The lowest BCUT2D eigenvalue weighted by Crippen LogP contribution is -2.46. The van der Waals surface area contributed by atoms with Gasteiger partial charge < -0.3 is 19.9 Å². The van der Waals surface area contributed by atoms with E-state index < -0.39 is 11.2 Å². The summed E-state index contributed by atoms with van der Waals surface area (Å²) in [6, 6.07) is 12.8. The van der Waals surface area contributed by atoms with E-state index in [4.69, 9.17) is 19.9 Å². The molecule has 31 heavy (non-hydrogen) atoms. The molecule has 9 heteroatoms. The van der Waals surface area contributed by atoms with Gasteiger partial charge in [0.05, 0.1) is 32.3 Å². The van der Waals surface area contributed by atoms with Crippen LogP contribution in [0, 0.1) is 0 Å². The largest absolute Gasteiger partial charge is 0.497 e. The van der Waals surface area contributed by atoms with Gasteiger partial charge in [-0.2, -0.15) is 0 Å². The van der Waals surface area contributed by atoms with Crippen LogP contribution in [0.15, 0.2) is 47.5 Å². The number of rotatable bonds is 8. The monoisotopic (exact) mass is 443 g/mol. The smallest absolute Gasteiger partial charge is 0.231 e. The van der Waals surface area contributed by atoms with Crippen molar-refractivity contribution in [1.29, 1.82) is 0 Å². The summed E-state index contributed by atoms with van der Waals surface area (Å²) in [5, 5.41) is -0.187. The fourth-order valence-electron chi connectivity index (χ4n) is 3.12. The van der Waals surface area contributed by atoms with E-state index in [0.29, 0.717) is 41.1 Å². The summed E-state index contributed by atoms with van der Waals surface area (Å²) in [5.74, 6) is 1.26. The second kappa shape index (κ2) is 10.2. The minimum absolute atomic E-state index is 0.0492. The van der Waals surface area contributed by atoms with Crippen LogP contribution in [0.4, 0.5) is 5.69 Å². The number of ether oxygens (including phenoxy) is 3. The van der Waals surface area contributed by atoms with Crippen molar-refractivity contribution in [1.82, 2.24) is 4.90 Å². The van der Waals surface area contributed by atoms with Crippen LogP contribution in [-0.4, -0.2) is 55.0 Å². The van der Waals surface area contributed by atoms with Gasteiger partial charge in [0.1, 0.15) is 5.75 Å². The van der Waals surface area contributed by atoms with E-state index >= 15 is 0 Å². The Labute approximate surface area is 185 Å². The van der Waals surface area contributed by atoms with Crippen molar-refractivity contribution in [3.05, 3.63) is 48.0 Å². The molecular formula is C22H25N3O5S. The summed E-state index contributed by atoms with van der Waals surface area (Å²) in [4.78, 5) is 30.8. The van der Waals surface area contributed by atoms with Crippen LogP contribution in [0.25, 0.3) is 0 Å². The number of carbonyl (C=O) groups is 2. The Balaban J connectivity index is 1.83. The lowest BCUT2D eigenvalue weighted by Gasteiger charge is -2.31. The van der Waals surface area contributed by atoms with Crippen LogP contribution in [-0.2, 0) is 16.0 Å². The van der Waals surface area contributed by atoms with Gasteiger partial charge in [-0.15, -0.1) is 0 Å². The summed E-state index contributed by atoms with van der Waals surface area (Å²) in [6.45, 7) is 0.405. The molecule has 1 fully saturated rings. The number of hydrogen-bond donors (Lipinski definition) is 1. The average Bonchev–Trinajstić information content (AvgIpc) is 2.78. The third kappa shape index (κ3) is 5.49. The number of aliphatic imine (C=N–C) groups is 1. The summed E-state index contributed by atoms with van der Waals surface area (Å²) >= 11 is 1.21. The predicted octanol–water partition coefficient (Wildman–Crippen LogP) is 2.76. The first-order chi connectivity index (χ1) is 14.9. The third-order valence-corrected chi connectivity index (χ3v) is 6.03. The third-order valence-electron chi connectivity index (χ3n) is 4.83. The zero-order chi connectivity index (χ0) is 22.4. The lowest BCUT2D eigenvalue weighted by molar-refractivity contribution is -0.129. The van der Waals surface area contributed by atoms with Crippen LogP contribution in [0.2, 0.25) is 0 Å². The highest BCUT2D eigenvalue weighted by molar-refractivity contribution is 8.15. The molecule has 2 aromatic carbocycles. The SMILES string of the molecule is COc1ccc(N=C2S[C@@H](C(N)=O)CC(=O)N2CCc2ccc(OC)c(OC)c2)cc1. The second-order valence-electron chi connectivity index (χ2n) is 6.79. The van der Waals surface area contributed by atoms with Gasteiger partial charge in [0.15, 0.2) is 16.7 Å². The Morgan fingerprint density at radius 3 is 2.42 bits per heavy atom. The fraction of sp³-hybridized carbons (Fsp3) is 0.318. The Bertz CT molecular complexity index is 978. The van der Waals surface area contributed by atoms with Crippen molar-refractivity contribution < 1.29 is 23.8 Å². The highest BCUT2D eigenvalue weighted by atomic mass is 32.2. The molecule has 0 aliphatic carbocycles. The number of thioether (sulfide) groups is 1. The molecule has 2 amide bonds. The molecule has 8 nitrogen and oxygen atoms in total. The molecule has 1 heterocycles. The number of carbonyl (C=O) groups excluding carboxylic acids is 2. The fourth-order valence-corrected chi connectivity index (χ4v) is 4.19. The van der Waals surface area contributed by atoms with Gasteiger partial charge in [-0.05, 0) is 48.4 Å². The van der Waals surface area contributed by atoms with Crippen molar-refractivity contribution in [2.75, 3.05) is 27.9 Å². The summed E-state index contributed by atoms with van der Waals surface area (Å²) in [7, 11) is 4.75. The quantitative estimate of drug-likeness (QED) is 0.673. The molecule has 2 aromatic rings. The maximum Gasteiger partial charge on any atom is 0.231 e. The number of primary amides is 1. The zero-order valence-corrected chi connectivity index (χ0v) is 18.5. The molecule has 1 saturated heterocycles. The zero-order valence-electron chi connectivity index (χ0n) is 17.7. The number of nitrogens with zero attached hydrogens (tertiary/aromatic N) is 2. The maximum absolute atomic E-state index is 12.8. The molecule has 1 aliphatic rings.